The minimum Gasteiger partial charge on any atom is -0.389 e. The maximum atomic E-state index is 10.4. The van der Waals surface area contributed by atoms with E-state index in [4.69, 9.17) is 4.74 Å². The lowest BCUT2D eigenvalue weighted by Crippen LogP contribution is -2.61. The average Bonchev–Trinajstić information content (AvgIpc) is 2.02. The van der Waals surface area contributed by atoms with Crippen LogP contribution >= 0.6 is 0 Å². The number of nitrogens with one attached hydrogen (secondary N) is 1. The number of aliphatic hydroxyl groups is 1. The van der Waals surface area contributed by atoms with Crippen LogP contribution in [0.25, 0.3) is 0 Å². The summed E-state index contributed by atoms with van der Waals surface area (Å²) in [6.45, 7) is 5.71. The molecule has 76 valence electrons. The molecule has 2 N–H and O–H groups in total. The summed E-state index contributed by atoms with van der Waals surface area (Å²) < 4.78 is 5.44. The van der Waals surface area contributed by atoms with Gasteiger partial charge in [-0.1, -0.05) is 13.8 Å². The van der Waals surface area contributed by atoms with Crippen molar-refractivity contribution in [3.63, 3.8) is 0 Å². The van der Waals surface area contributed by atoms with Gasteiger partial charge >= 0.3 is 0 Å². The van der Waals surface area contributed by atoms with E-state index in [0.29, 0.717) is 18.0 Å². The van der Waals surface area contributed by atoms with Gasteiger partial charge in [-0.25, -0.2) is 0 Å². The van der Waals surface area contributed by atoms with Crippen molar-refractivity contribution in [2.24, 2.45) is 5.92 Å². The van der Waals surface area contributed by atoms with Crippen LogP contribution in [0.4, 0.5) is 0 Å². The summed E-state index contributed by atoms with van der Waals surface area (Å²) in [6, 6.07) is 0.722. The highest BCUT2D eigenvalue weighted by Crippen LogP contribution is 2.33. The minimum atomic E-state index is -0.468. The number of morpholine rings is 1. The first-order chi connectivity index (χ1) is 6.10. The fourth-order valence-electron chi connectivity index (χ4n) is 2.43. The van der Waals surface area contributed by atoms with Gasteiger partial charge in [0, 0.05) is 12.1 Å². The van der Waals surface area contributed by atoms with Crippen molar-refractivity contribution in [1.82, 2.24) is 5.32 Å². The van der Waals surface area contributed by atoms with Gasteiger partial charge in [-0.15, -0.1) is 0 Å². The Balaban J connectivity index is 2.08. The number of hydrogen-bond acceptors (Lipinski definition) is 3. The fraction of sp³-hybridized carbons (Fsp3) is 1.00. The molecule has 0 aromatic heterocycles. The van der Waals surface area contributed by atoms with Gasteiger partial charge in [-0.2, -0.15) is 0 Å². The third kappa shape index (κ3) is 1.73. The SMILES string of the molecule is CC(C)C1(O)CC2COCC(C1)N2. The van der Waals surface area contributed by atoms with Crippen LogP contribution in [-0.4, -0.2) is 36.0 Å². The second-order valence-corrected chi connectivity index (χ2v) is 4.76. The van der Waals surface area contributed by atoms with Crippen molar-refractivity contribution in [1.29, 1.82) is 0 Å². The summed E-state index contributed by atoms with van der Waals surface area (Å²) in [6.07, 6.45) is 1.67. The van der Waals surface area contributed by atoms with Crippen molar-refractivity contribution in [3.05, 3.63) is 0 Å². The summed E-state index contributed by atoms with van der Waals surface area (Å²) in [7, 11) is 0. The van der Waals surface area contributed by atoms with Crippen molar-refractivity contribution in [3.8, 4) is 0 Å². The lowest BCUT2D eigenvalue weighted by atomic mass is 9.76. The van der Waals surface area contributed by atoms with Gasteiger partial charge in [0.15, 0.2) is 0 Å². The van der Waals surface area contributed by atoms with Crippen LogP contribution in [-0.2, 0) is 4.74 Å². The first-order valence-corrected chi connectivity index (χ1v) is 5.16. The van der Waals surface area contributed by atoms with E-state index in [-0.39, 0.29) is 0 Å². The zero-order valence-electron chi connectivity index (χ0n) is 8.42. The molecule has 3 heteroatoms. The normalized spacial score (nSPS) is 45.2. The summed E-state index contributed by atoms with van der Waals surface area (Å²) in [5, 5.41) is 13.8. The molecule has 2 bridgehead atoms. The van der Waals surface area contributed by atoms with Crippen molar-refractivity contribution in [2.45, 2.75) is 44.4 Å². The van der Waals surface area contributed by atoms with Gasteiger partial charge in [-0.05, 0) is 18.8 Å². The number of fused-ring (bicyclic) bond motifs is 2. The summed E-state index contributed by atoms with van der Waals surface area (Å²) >= 11 is 0. The second-order valence-electron chi connectivity index (χ2n) is 4.76. The molecule has 0 aliphatic carbocycles. The molecule has 2 aliphatic rings. The van der Waals surface area contributed by atoms with E-state index in [0.717, 1.165) is 26.1 Å². The van der Waals surface area contributed by atoms with Crippen LogP contribution in [0.1, 0.15) is 26.7 Å². The Kier molecular flexibility index (Phi) is 2.34. The third-order valence-corrected chi connectivity index (χ3v) is 3.38. The lowest BCUT2D eigenvalue weighted by molar-refractivity contribution is -0.0993. The van der Waals surface area contributed by atoms with Gasteiger partial charge in [-0.3, -0.25) is 0 Å². The Morgan fingerprint density at radius 1 is 1.31 bits per heavy atom. The van der Waals surface area contributed by atoms with Crippen molar-refractivity contribution >= 4 is 0 Å². The van der Waals surface area contributed by atoms with Gasteiger partial charge in [0.05, 0.1) is 18.8 Å². The fourth-order valence-corrected chi connectivity index (χ4v) is 2.43. The summed E-state index contributed by atoms with van der Waals surface area (Å²) in [5.41, 5.74) is -0.468. The standard InChI is InChI=1S/C10H19NO2/c1-7(2)10(12)3-8-5-13-6-9(4-10)11-8/h7-9,11-12H,3-6H2,1-2H3. The van der Waals surface area contributed by atoms with E-state index >= 15 is 0 Å². The molecule has 2 fully saturated rings. The number of hydrogen-bond donors (Lipinski definition) is 2. The molecule has 2 rings (SSSR count). The first-order valence-electron chi connectivity index (χ1n) is 5.16. The average molecular weight is 185 g/mol. The molecule has 2 aliphatic heterocycles. The van der Waals surface area contributed by atoms with Crippen LogP contribution in [0.3, 0.4) is 0 Å². The molecule has 0 saturated carbocycles. The van der Waals surface area contributed by atoms with Gasteiger partial charge in [0.1, 0.15) is 0 Å². The Morgan fingerprint density at radius 3 is 2.31 bits per heavy atom. The Bertz CT molecular complexity index is 181. The molecule has 0 aromatic rings. The molecule has 13 heavy (non-hydrogen) atoms. The molecule has 2 saturated heterocycles. The zero-order chi connectivity index (χ0) is 9.47. The monoisotopic (exact) mass is 185 g/mol. The highest BCUT2D eigenvalue weighted by Gasteiger charge is 2.42. The van der Waals surface area contributed by atoms with Crippen LogP contribution < -0.4 is 5.32 Å². The predicted octanol–water partition coefficient (Wildman–Crippen LogP) is 0.524. The molecule has 0 radical (unpaired) electrons. The molecule has 0 spiro atoms. The Labute approximate surface area is 79.5 Å². The Morgan fingerprint density at radius 2 is 1.85 bits per heavy atom. The minimum absolute atomic E-state index is 0.345. The van der Waals surface area contributed by atoms with E-state index in [9.17, 15) is 5.11 Å². The second kappa shape index (κ2) is 3.23. The Hall–Kier alpha value is -0.120. The van der Waals surface area contributed by atoms with E-state index < -0.39 is 5.60 Å². The van der Waals surface area contributed by atoms with Gasteiger partial charge in [0.25, 0.3) is 0 Å². The van der Waals surface area contributed by atoms with E-state index in [2.05, 4.69) is 19.2 Å². The predicted molar refractivity (Wildman–Crippen MR) is 50.6 cm³/mol. The summed E-state index contributed by atoms with van der Waals surface area (Å²) in [4.78, 5) is 0. The van der Waals surface area contributed by atoms with Crippen LogP contribution in [0.2, 0.25) is 0 Å². The van der Waals surface area contributed by atoms with Crippen LogP contribution in [0, 0.1) is 5.92 Å². The van der Waals surface area contributed by atoms with Crippen LogP contribution in [0.5, 0.6) is 0 Å². The molecule has 2 heterocycles. The molecule has 0 amide bonds. The largest absolute Gasteiger partial charge is 0.389 e. The van der Waals surface area contributed by atoms with Crippen molar-refractivity contribution in [2.75, 3.05) is 13.2 Å². The smallest absolute Gasteiger partial charge is 0.0701 e. The summed E-state index contributed by atoms with van der Waals surface area (Å²) in [5.74, 6) is 0.345. The zero-order valence-corrected chi connectivity index (χ0v) is 8.42. The molecule has 0 aromatic carbocycles. The highest BCUT2D eigenvalue weighted by molar-refractivity contribution is 4.98. The first kappa shape index (κ1) is 9.44. The molecule has 3 nitrogen and oxygen atoms in total. The van der Waals surface area contributed by atoms with Gasteiger partial charge in [0.2, 0.25) is 0 Å². The number of rotatable bonds is 1. The quantitative estimate of drug-likeness (QED) is 0.626. The van der Waals surface area contributed by atoms with Gasteiger partial charge < -0.3 is 15.2 Å². The van der Waals surface area contributed by atoms with Crippen molar-refractivity contribution < 1.29 is 9.84 Å². The van der Waals surface area contributed by atoms with E-state index in [1.807, 2.05) is 0 Å². The number of ether oxygens (including phenoxy) is 1. The lowest BCUT2D eigenvalue weighted by Gasteiger charge is -2.46. The molecular weight excluding hydrogens is 166 g/mol. The maximum Gasteiger partial charge on any atom is 0.0701 e. The molecule has 2 unspecified atom stereocenters. The molecule has 2 atom stereocenters. The third-order valence-electron chi connectivity index (χ3n) is 3.38. The molecular formula is C10H19NO2. The highest BCUT2D eigenvalue weighted by atomic mass is 16.5. The van der Waals surface area contributed by atoms with E-state index in [1.54, 1.807) is 0 Å². The van der Waals surface area contributed by atoms with Crippen LogP contribution in [0.15, 0.2) is 0 Å². The number of piperidine rings is 1. The topological polar surface area (TPSA) is 41.5 Å². The van der Waals surface area contributed by atoms with E-state index in [1.165, 1.54) is 0 Å². The maximum absolute atomic E-state index is 10.4.